The third-order valence-corrected chi connectivity index (χ3v) is 7.99. The van der Waals surface area contributed by atoms with Gasteiger partial charge < -0.3 is 25.2 Å². The molecule has 2 aromatic carbocycles. The zero-order valence-electron chi connectivity index (χ0n) is 19.5. The molecule has 1 heterocycles. The summed E-state index contributed by atoms with van der Waals surface area (Å²) in [6, 6.07) is 13.8. The van der Waals surface area contributed by atoms with E-state index < -0.39 is 26.7 Å². The number of hydrogen-bond donors (Lipinski definition) is 4. The molecule has 0 bridgehead atoms. The van der Waals surface area contributed by atoms with E-state index in [0.717, 1.165) is 5.56 Å². The summed E-state index contributed by atoms with van der Waals surface area (Å²) in [6.07, 6.45) is 1.49. The highest BCUT2D eigenvalue weighted by Crippen LogP contribution is 2.39. The standard InChI is InChI=1S/C24H33N3O6S/c1-32-17-7-14-26-34(30,31)23(27-22(29)21-19(28)10-6-11-20(21)33-2)24(12-15-25-16-13-24)18-8-4-3-5-9-18/h3-6,8-11,23,25-26,28H,7,12-17H2,1-2H3,(H,27,29). The van der Waals surface area contributed by atoms with Crippen LogP contribution >= 0.6 is 0 Å². The van der Waals surface area contributed by atoms with Gasteiger partial charge >= 0.3 is 0 Å². The summed E-state index contributed by atoms with van der Waals surface area (Å²) in [5, 5.41) is 15.1. The third-order valence-electron chi connectivity index (χ3n) is 6.20. The van der Waals surface area contributed by atoms with Crippen LogP contribution in [-0.4, -0.2) is 65.3 Å². The Morgan fingerprint density at radius 2 is 1.82 bits per heavy atom. The number of piperidine rings is 1. The van der Waals surface area contributed by atoms with E-state index in [9.17, 15) is 18.3 Å². The van der Waals surface area contributed by atoms with Crippen molar-refractivity contribution in [1.29, 1.82) is 0 Å². The van der Waals surface area contributed by atoms with Crippen LogP contribution in [0.2, 0.25) is 0 Å². The van der Waals surface area contributed by atoms with Gasteiger partial charge in [-0.1, -0.05) is 36.4 Å². The van der Waals surface area contributed by atoms with Crippen molar-refractivity contribution < 1.29 is 27.8 Å². The van der Waals surface area contributed by atoms with Crippen molar-refractivity contribution in [3.63, 3.8) is 0 Å². The lowest BCUT2D eigenvalue weighted by atomic mass is 9.72. The Balaban J connectivity index is 2.06. The molecule has 1 aliphatic heterocycles. The Bertz CT molecular complexity index is 1060. The van der Waals surface area contributed by atoms with Crippen molar-refractivity contribution in [2.24, 2.45) is 0 Å². The second-order valence-electron chi connectivity index (χ2n) is 8.27. The summed E-state index contributed by atoms with van der Waals surface area (Å²) >= 11 is 0. The normalized spacial score (nSPS) is 16.5. The van der Waals surface area contributed by atoms with Crippen molar-refractivity contribution in [3.05, 3.63) is 59.7 Å². The second-order valence-corrected chi connectivity index (χ2v) is 10.1. The van der Waals surface area contributed by atoms with E-state index in [4.69, 9.17) is 9.47 Å². The fourth-order valence-corrected chi connectivity index (χ4v) is 6.30. The van der Waals surface area contributed by atoms with Crippen molar-refractivity contribution >= 4 is 15.9 Å². The van der Waals surface area contributed by atoms with Crippen LogP contribution in [0.3, 0.4) is 0 Å². The van der Waals surface area contributed by atoms with Gasteiger partial charge in [0.15, 0.2) is 5.37 Å². The fraction of sp³-hybridized carbons (Fsp3) is 0.458. The fourth-order valence-electron chi connectivity index (χ4n) is 4.48. The molecule has 34 heavy (non-hydrogen) atoms. The van der Waals surface area contributed by atoms with Gasteiger partial charge in [-0.25, -0.2) is 13.1 Å². The maximum absolute atomic E-state index is 13.7. The van der Waals surface area contributed by atoms with Gasteiger partial charge in [0.1, 0.15) is 17.1 Å². The van der Waals surface area contributed by atoms with Gasteiger partial charge in [0, 0.05) is 25.7 Å². The largest absolute Gasteiger partial charge is 0.507 e. The molecule has 1 amide bonds. The molecule has 0 saturated carbocycles. The van der Waals surface area contributed by atoms with Gasteiger partial charge in [0.25, 0.3) is 5.91 Å². The molecule has 0 spiro atoms. The molecule has 1 saturated heterocycles. The Kier molecular flexibility index (Phi) is 8.90. The number of rotatable bonds is 11. The molecule has 0 aromatic heterocycles. The predicted octanol–water partition coefficient (Wildman–Crippen LogP) is 1.73. The molecular weight excluding hydrogens is 458 g/mol. The van der Waals surface area contributed by atoms with Gasteiger partial charge in [-0.2, -0.15) is 0 Å². The zero-order chi connectivity index (χ0) is 24.6. The number of carbonyl (C=O) groups excluding carboxylic acids is 1. The summed E-state index contributed by atoms with van der Waals surface area (Å²) < 4.78 is 40.3. The minimum absolute atomic E-state index is 0.110. The monoisotopic (exact) mass is 491 g/mol. The number of carbonyl (C=O) groups is 1. The van der Waals surface area contributed by atoms with Crippen molar-refractivity contribution in [2.75, 3.05) is 40.5 Å². The minimum Gasteiger partial charge on any atom is -0.507 e. The average Bonchev–Trinajstić information content (AvgIpc) is 2.85. The molecule has 9 nitrogen and oxygen atoms in total. The Hall–Kier alpha value is -2.66. The lowest BCUT2D eigenvalue weighted by Crippen LogP contribution is -2.61. The number of nitrogens with one attached hydrogen (secondary N) is 3. The SMILES string of the molecule is COCCCNS(=O)(=O)C(NC(=O)c1c(O)cccc1OC)C1(c2ccccc2)CCNCC1. The number of phenolic OH excluding ortho intramolecular Hbond substituents is 1. The van der Waals surface area contributed by atoms with E-state index in [1.165, 1.54) is 13.2 Å². The van der Waals surface area contributed by atoms with Gasteiger partial charge in [0.05, 0.1) is 7.11 Å². The summed E-state index contributed by atoms with van der Waals surface area (Å²) in [7, 11) is -1.10. The lowest BCUT2D eigenvalue weighted by Gasteiger charge is -2.44. The van der Waals surface area contributed by atoms with E-state index in [1.807, 2.05) is 30.3 Å². The molecule has 186 valence electrons. The van der Waals surface area contributed by atoms with Crippen LogP contribution in [0.5, 0.6) is 11.5 Å². The molecule has 3 rings (SSSR count). The first kappa shape index (κ1) is 26.0. The Morgan fingerprint density at radius 1 is 1.12 bits per heavy atom. The van der Waals surface area contributed by atoms with E-state index >= 15 is 0 Å². The number of phenols is 1. The van der Waals surface area contributed by atoms with Crippen LogP contribution in [0.25, 0.3) is 0 Å². The molecule has 0 radical (unpaired) electrons. The molecular formula is C24H33N3O6S. The predicted molar refractivity (Wildman–Crippen MR) is 130 cm³/mol. The van der Waals surface area contributed by atoms with Crippen LogP contribution < -0.4 is 20.1 Å². The molecule has 0 aliphatic carbocycles. The number of ether oxygens (including phenoxy) is 2. The summed E-state index contributed by atoms with van der Waals surface area (Å²) in [5.74, 6) is -0.864. The van der Waals surface area contributed by atoms with Gasteiger partial charge in [-0.05, 0) is 50.0 Å². The number of hydrogen-bond acceptors (Lipinski definition) is 7. The maximum Gasteiger partial charge on any atom is 0.259 e. The molecule has 1 unspecified atom stereocenters. The highest BCUT2D eigenvalue weighted by molar-refractivity contribution is 7.90. The first-order valence-electron chi connectivity index (χ1n) is 11.3. The molecule has 1 aliphatic rings. The summed E-state index contributed by atoms with van der Waals surface area (Å²) in [4.78, 5) is 13.4. The first-order chi connectivity index (χ1) is 16.4. The van der Waals surface area contributed by atoms with Crippen molar-refractivity contribution in [1.82, 2.24) is 15.4 Å². The van der Waals surface area contributed by atoms with E-state index in [0.29, 0.717) is 39.0 Å². The Morgan fingerprint density at radius 3 is 2.47 bits per heavy atom. The highest BCUT2D eigenvalue weighted by atomic mass is 32.2. The molecule has 1 fully saturated rings. The number of methoxy groups -OCH3 is 2. The van der Waals surface area contributed by atoms with E-state index in [1.54, 1.807) is 19.2 Å². The number of amides is 1. The highest BCUT2D eigenvalue weighted by Gasteiger charge is 2.49. The van der Waals surface area contributed by atoms with Gasteiger partial charge in [-0.3, -0.25) is 4.79 Å². The van der Waals surface area contributed by atoms with E-state index in [-0.39, 0.29) is 23.6 Å². The van der Waals surface area contributed by atoms with Gasteiger partial charge in [0.2, 0.25) is 10.0 Å². The maximum atomic E-state index is 13.7. The number of benzene rings is 2. The lowest BCUT2D eigenvalue weighted by molar-refractivity contribution is 0.0919. The zero-order valence-corrected chi connectivity index (χ0v) is 20.4. The van der Waals surface area contributed by atoms with E-state index in [2.05, 4.69) is 15.4 Å². The smallest absolute Gasteiger partial charge is 0.259 e. The number of sulfonamides is 1. The van der Waals surface area contributed by atoms with Crippen LogP contribution in [0.4, 0.5) is 0 Å². The van der Waals surface area contributed by atoms with Crippen LogP contribution in [0.1, 0.15) is 35.2 Å². The minimum atomic E-state index is -4.03. The molecule has 10 heteroatoms. The van der Waals surface area contributed by atoms with Gasteiger partial charge in [-0.15, -0.1) is 0 Å². The first-order valence-corrected chi connectivity index (χ1v) is 12.8. The quantitative estimate of drug-likeness (QED) is 0.353. The summed E-state index contributed by atoms with van der Waals surface area (Å²) in [6.45, 7) is 1.77. The Labute approximate surface area is 200 Å². The molecule has 2 aromatic rings. The van der Waals surface area contributed by atoms with Crippen molar-refractivity contribution in [2.45, 2.75) is 30.1 Å². The third kappa shape index (κ3) is 5.69. The van der Waals surface area contributed by atoms with Crippen LogP contribution in [0.15, 0.2) is 48.5 Å². The average molecular weight is 492 g/mol. The van der Waals surface area contributed by atoms with Crippen LogP contribution in [0, 0.1) is 0 Å². The topological polar surface area (TPSA) is 126 Å². The van der Waals surface area contributed by atoms with Crippen molar-refractivity contribution in [3.8, 4) is 11.5 Å². The molecule has 1 atom stereocenters. The van der Waals surface area contributed by atoms with Crippen LogP contribution in [-0.2, 0) is 20.2 Å². The molecule has 4 N–H and O–H groups in total. The second kappa shape index (κ2) is 11.7. The summed E-state index contributed by atoms with van der Waals surface area (Å²) in [5.41, 5.74) is -0.164. The number of aromatic hydroxyl groups is 1.